The molecule has 1 aliphatic carbocycles. The number of aromatic nitrogens is 1. The largest absolute Gasteiger partial charge is 0.481 e. The van der Waals surface area contributed by atoms with E-state index in [0.29, 0.717) is 18.3 Å². The summed E-state index contributed by atoms with van der Waals surface area (Å²) in [7, 11) is 0. The first kappa shape index (κ1) is 14.5. The molecule has 2 rings (SSSR count). The van der Waals surface area contributed by atoms with Crippen LogP contribution in [0.25, 0.3) is 0 Å². The Hall–Kier alpha value is -0.900. The van der Waals surface area contributed by atoms with Crippen LogP contribution in [0, 0.1) is 24.2 Å². The van der Waals surface area contributed by atoms with E-state index in [2.05, 4.69) is 18.8 Å². The van der Waals surface area contributed by atoms with Crippen LogP contribution in [0.4, 0.5) is 0 Å². The lowest BCUT2D eigenvalue weighted by Gasteiger charge is -2.37. The number of rotatable bonds is 4. The average Bonchev–Trinajstić information content (AvgIpc) is 2.75. The fourth-order valence-corrected chi connectivity index (χ4v) is 4.01. The molecule has 1 aromatic rings. The minimum absolute atomic E-state index is 0.574. The Morgan fingerprint density at radius 2 is 2.16 bits per heavy atom. The van der Waals surface area contributed by atoms with Crippen LogP contribution in [0.5, 0.6) is 0 Å². The Bertz CT molecular complexity index is 445. The minimum atomic E-state index is -0.637. The van der Waals surface area contributed by atoms with Crippen LogP contribution in [0.15, 0.2) is 5.38 Å². The van der Waals surface area contributed by atoms with Crippen molar-refractivity contribution in [1.29, 1.82) is 0 Å². The number of thiazole rings is 1. The van der Waals surface area contributed by atoms with Crippen LogP contribution >= 0.6 is 11.3 Å². The molecule has 1 saturated carbocycles. The van der Waals surface area contributed by atoms with Gasteiger partial charge in [-0.25, -0.2) is 4.98 Å². The quantitative estimate of drug-likeness (QED) is 0.910. The summed E-state index contributed by atoms with van der Waals surface area (Å²) < 4.78 is 0. The molecule has 0 aliphatic heterocycles. The SMILES string of the molecule is Cc1csc(CC2(C(=O)O)CCC(C(C)C)CC2)n1. The average molecular weight is 281 g/mol. The van der Waals surface area contributed by atoms with Crippen molar-refractivity contribution in [3.8, 4) is 0 Å². The number of carboxylic acids is 1. The Labute approximate surface area is 119 Å². The standard InChI is InChI=1S/C15H23NO2S/c1-10(2)12-4-6-15(7-5-12,14(17)18)8-13-16-11(3)9-19-13/h9-10,12H,4-8H2,1-3H3,(H,17,18). The van der Waals surface area contributed by atoms with Gasteiger partial charge in [0.1, 0.15) is 0 Å². The van der Waals surface area contributed by atoms with Gasteiger partial charge in [-0.05, 0) is 44.4 Å². The lowest BCUT2D eigenvalue weighted by atomic mass is 9.66. The third-order valence-corrected chi connectivity index (χ3v) is 5.51. The molecule has 3 nitrogen and oxygen atoms in total. The topological polar surface area (TPSA) is 50.2 Å². The van der Waals surface area contributed by atoms with E-state index in [0.717, 1.165) is 36.4 Å². The van der Waals surface area contributed by atoms with E-state index >= 15 is 0 Å². The number of carboxylic acid groups (broad SMARTS) is 1. The van der Waals surface area contributed by atoms with Crippen molar-refractivity contribution in [2.75, 3.05) is 0 Å². The molecule has 106 valence electrons. The van der Waals surface area contributed by atoms with Crippen molar-refractivity contribution in [1.82, 2.24) is 4.98 Å². The molecule has 0 saturated heterocycles. The highest BCUT2D eigenvalue weighted by Crippen LogP contribution is 2.44. The third kappa shape index (κ3) is 3.16. The summed E-state index contributed by atoms with van der Waals surface area (Å²) in [6.45, 7) is 6.44. The van der Waals surface area contributed by atoms with Crippen molar-refractivity contribution in [3.63, 3.8) is 0 Å². The van der Waals surface area contributed by atoms with Gasteiger partial charge in [-0.15, -0.1) is 11.3 Å². The van der Waals surface area contributed by atoms with Gasteiger partial charge in [0.15, 0.2) is 0 Å². The lowest BCUT2D eigenvalue weighted by Crippen LogP contribution is -2.38. The first-order chi connectivity index (χ1) is 8.93. The van der Waals surface area contributed by atoms with Crippen molar-refractivity contribution in [3.05, 3.63) is 16.1 Å². The van der Waals surface area contributed by atoms with Gasteiger partial charge >= 0.3 is 5.97 Å². The van der Waals surface area contributed by atoms with Gasteiger partial charge in [0, 0.05) is 17.5 Å². The predicted octanol–water partition coefficient (Wildman–Crippen LogP) is 3.91. The minimum Gasteiger partial charge on any atom is -0.481 e. The van der Waals surface area contributed by atoms with Gasteiger partial charge in [-0.1, -0.05) is 13.8 Å². The number of hydrogen-bond acceptors (Lipinski definition) is 3. The maximum atomic E-state index is 11.7. The van der Waals surface area contributed by atoms with Crippen LogP contribution < -0.4 is 0 Å². The summed E-state index contributed by atoms with van der Waals surface area (Å²) in [5.41, 5.74) is 0.423. The molecule has 0 radical (unpaired) electrons. The maximum absolute atomic E-state index is 11.7. The number of aryl methyl sites for hydroxylation is 1. The molecule has 0 aromatic carbocycles. The zero-order valence-corrected chi connectivity index (χ0v) is 12.8. The Morgan fingerprint density at radius 3 is 2.58 bits per heavy atom. The summed E-state index contributed by atoms with van der Waals surface area (Å²) >= 11 is 1.59. The van der Waals surface area contributed by atoms with Gasteiger partial charge in [-0.3, -0.25) is 4.79 Å². The first-order valence-electron chi connectivity index (χ1n) is 7.07. The highest BCUT2D eigenvalue weighted by atomic mass is 32.1. The molecule has 0 bridgehead atoms. The normalized spacial score (nSPS) is 27.7. The molecule has 1 N–H and O–H groups in total. The van der Waals surface area contributed by atoms with Crippen molar-refractivity contribution >= 4 is 17.3 Å². The van der Waals surface area contributed by atoms with Crippen LogP contribution in [0.3, 0.4) is 0 Å². The van der Waals surface area contributed by atoms with E-state index in [9.17, 15) is 9.90 Å². The van der Waals surface area contributed by atoms with Gasteiger partial charge < -0.3 is 5.11 Å². The second-order valence-corrected chi connectivity index (χ2v) is 7.17. The molecule has 4 heteroatoms. The highest BCUT2D eigenvalue weighted by molar-refractivity contribution is 7.09. The lowest BCUT2D eigenvalue weighted by molar-refractivity contribution is -0.151. The Balaban J connectivity index is 2.10. The van der Waals surface area contributed by atoms with Crippen LogP contribution in [0.2, 0.25) is 0 Å². The van der Waals surface area contributed by atoms with Crippen LogP contribution in [-0.2, 0) is 11.2 Å². The third-order valence-electron chi connectivity index (χ3n) is 4.54. The van der Waals surface area contributed by atoms with E-state index < -0.39 is 11.4 Å². The molecular weight excluding hydrogens is 258 g/mol. The Morgan fingerprint density at radius 1 is 1.53 bits per heavy atom. The molecule has 0 amide bonds. The summed E-state index contributed by atoms with van der Waals surface area (Å²) in [6.07, 6.45) is 4.27. The summed E-state index contributed by atoms with van der Waals surface area (Å²) in [5.74, 6) is 0.710. The molecule has 1 aliphatic rings. The molecule has 1 heterocycles. The van der Waals surface area contributed by atoms with E-state index in [1.165, 1.54) is 0 Å². The molecule has 1 fully saturated rings. The van der Waals surface area contributed by atoms with E-state index in [-0.39, 0.29) is 0 Å². The van der Waals surface area contributed by atoms with E-state index in [4.69, 9.17) is 0 Å². The second-order valence-electron chi connectivity index (χ2n) is 6.23. The number of hydrogen-bond donors (Lipinski definition) is 1. The monoisotopic (exact) mass is 281 g/mol. The number of aliphatic carboxylic acids is 1. The van der Waals surface area contributed by atoms with Crippen molar-refractivity contribution in [2.45, 2.75) is 52.9 Å². The molecule has 0 spiro atoms. The molecule has 0 atom stereocenters. The predicted molar refractivity (Wildman–Crippen MR) is 77.4 cm³/mol. The van der Waals surface area contributed by atoms with E-state index in [1.807, 2.05) is 12.3 Å². The zero-order valence-electron chi connectivity index (χ0n) is 12.0. The Kier molecular flexibility index (Phi) is 4.29. The molecule has 19 heavy (non-hydrogen) atoms. The van der Waals surface area contributed by atoms with Gasteiger partial charge in [0.25, 0.3) is 0 Å². The molecular formula is C15H23NO2S. The number of nitrogens with zero attached hydrogens (tertiary/aromatic N) is 1. The summed E-state index contributed by atoms with van der Waals surface area (Å²) in [5, 5.41) is 12.6. The highest BCUT2D eigenvalue weighted by Gasteiger charge is 2.43. The summed E-state index contributed by atoms with van der Waals surface area (Å²) in [6, 6.07) is 0. The number of carbonyl (C=O) groups is 1. The first-order valence-corrected chi connectivity index (χ1v) is 7.95. The summed E-state index contributed by atoms with van der Waals surface area (Å²) in [4.78, 5) is 16.2. The smallest absolute Gasteiger partial charge is 0.310 e. The van der Waals surface area contributed by atoms with Gasteiger partial charge in [0.2, 0.25) is 0 Å². The van der Waals surface area contributed by atoms with Gasteiger partial charge in [0.05, 0.1) is 10.4 Å². The molecule has 1 aromatic heterocycles. The van der Waals surface area contributed by atoms with Gasteiger partial charge in [-0.2, -0.15) is 0 Å². The van der Waals surface area contributed by atoms with Crippen LogP contribution in [0.1, 0.15) is 50.2 Å². The molecule has 0 unspecified atom stereocenters. The second kappa shape index (κ2) is 5.61. The fourth-order valence-electron chi connectivity index (χ4n) is 3.10. The van der Waals surface area contributed by atoms with E-state index in [1.54, 1.807) is 11.3 Å². The van der Waals surface area contributed by atoms with Crippen molar-refractivity contribution < 1.29 is 9.90 Å². The fraction of sp³-hybridized carbons (Fsp3) is 0.733. The maximum Gasteiger partial charge on any atom is 0.310 e. The van der Waals surface area contributed by atoms with Crippen LogP contribution in [-0.4, -0.2) is 16.1 Å². The zero-order chi connectivity index (χ0) is 14.0. The van der Waals surface area contributed by atoms with Crippen molar-refractivity contribution in [2.24, 2.45) is 17.3 Å².